The second kappa shape index (κ2) is 7.45. The highest BCUT2D eigenvalue weighted by atomic mass is 79.9. The molecule has 0 radical (unpaired) electrons. The number of nitrogens with one attached hydrogen (secondary N) is 1. The first-order valence-corrected chi connectivity index (χ1v) is 7.87. The molecule has 0 aromatic heterocycles. The molecule has 1 rings (SSSR count). The summed E-state index contributed by atoms with van der Waals surface area (Å²) in [4.78, 5) is 1.39. The minimum Gasteiger partial charge on any atom is -0.313 e. The molecule has 0 spiro atoms. The average Bonchev–Trinajstić information content (AvgIpc) is 2.28. The van der Waals surface area contributed by atoms with Crippen LogP contribution in [0, 0.1) is 5.92 Å². The van der Waals surface area contributed by atoms with Gasteiger partial charge in [-0.25, -0.2) is 0 Å². The highest BCUT2D eigenvalue weighted by Crippen LogP contribution is 2.32. The van der Waals surface area contributed by atoms with Crippen LogP contribution < -0.4 is 5.32 Å². The van der Waals surface area contributed by atoms with Gasteiger partial charge >= 0.3 is 0 Å². The molecule has 0 heterocycles. The van der Waals surface area contributed by atoms with E-state index in [1.807, 2.05) is 11.8 Å². The minimum absolute atomic E-state index is 0.643. The molecule has 1 N–H and O–H groups in total. The van der Waals surface area contributed by atoms with E-state index in [1.54, 1.807) is 0 Å². The van der Waals surface area contributed by atoms with Crippen LogP contribution in [0.2, 0.25) is 0 Å². The second-order valence-electron chi connectivity index (χ2n) is 4.60. The number of hydrogen-bond acceptors (Lipinski definition) is 2. The summed E-state index contributed by atoms with van der Waals surface area (Å²) in [5, 5.41) is 4.04. The van der Waals surface area contributed by atoms with E-state index < -0.39 is 0 Å². The van der Waals surface area contributed by atoms with Gasteiger partial charge in [-0.3, -0.25) is 0 Å². The van der Waals surface area contributed by atoms with Gasteiger partial charge in [0, 0.05) is 21.2 Å². The summed E-state index contributed by atoms with van der Waals surface area (Å²) in [6.07, 6.45) is 0. The van der Waals surface area contributed by atoms with E-state index in [2.05, 4.69) is 67.1 Å². The third-order valence-electron chi connectivity index (χ3n) is 2.85. The standard InChI is InChI=1S/C14H22BrNS/c1-5-16-9-12-6-7-13(15)8-14(12)17-11(4)10(2)3/h6-8,10-11,16H,5,9H2,1-4H3. The third-order valence-corrected chi connectivity index (χ3v) is 4.89. The molecule has 0 aliphatic carbocycles. The quantitative estimate of drug-likeness (QED) is 0.764. The van der Waals surface area contributed by atoms with Gasteiger partial charge < -0.3 is 5.32 Å². The van der Waals surface area contributed by atoms with E-state index >= 15 is 0 Å². The molecule has 0 aliphatic heterocycles. The van der Waals surface area contributed by atoms with Crippen molar-refractivity contribution in [3.63, 3.8) is 0 Å². The lowest BCUT2D eigenvalue weighted by molar-refractivity contribution is 0.641. The van der Waals surface area contributed by atoms with Crippen molar-refractivity contribution in [2.45, 2.75) is 44.4 Å². The first-order valence-electron chi connectivity index (χ1n) is 6.20. The lowest BCUT2D eigenvalue weighted by atomic mass is 10.2. The van der Waals surface area contributed by atoms with Gasteiger partial charge in [0.25, 0.3) is 0 Å². The Labute approximate surface area is 118 Å². The molecule has 3 heteroatoms. The molecule has 17 heavy (non-hydrogen) atoms. The third kappa shape index (κ3) is 5.02. The van der Waals surface area contributed by atoms with Crippen molar-refractivity contribution in [1.82, 2.24) is 5.32 Å². The number of benzene rings is 1. The normalized spacial score (nSPS) is 13.1. The molecule has 0 aliphatic rings. The van der Waals surface area contributed by atoms with Crippen molar-refractivity contribution in [2.24, 2.45) is 5.92 Å². The molecule has 1 aromatic carbocycles. The van der Waals surface area contributed by atoms with Crippen molar-refractivity contribution < 1.29 is 0 Å². The summed E-state index contributed by atoms with van der Waals surface area (Å²) in [6, 6.07) is 6.56. The SMILES string of the molecule is CCNCc1ccc(Br)cc1SC(C)C(C)C. The van der Waals surface area contributed by atoms with Crippen molar-refractivity contribution >= 4 is 27.7 Å². The van der Waals surface area contributed by atoms with Crippen molar-refractivity contribution in [3.8, 4) is 0 Å². The second-order valence-corrected chi connectivity index (χ2v) is 6.93. The Balaban J connectivity index is 2.82. The van der Waals surface area contributed by atoms with Crippen LogP contribution in [-0.4, -0.2) is 11.8 Å². The topological polar surface area (TPSA) is 12.0 Å². The fourth-order valence-electron chi connectivity index (χ4n) is 1.38. The molecule has 0 amide bonds. The van der Waals surface area contributed by atoms with Crippen LogP contribution in [0.3, 0.4) is 0 Å². The predicted octanol–water partition coefficient (Wildman–Crippen LogP) is 4.70. The zero-order valence-electron chi connectivity index (χ0n) is 11.1. The summed E-state index contributed by atoms with van der Waals surface area (Å²) in [6.45, 7) is 11.0. The minimum atomic E-state index is 0.643. The van der Waals surface area contributed by atoms with Gasteiger partial charge in [0.1, 0.15) is 0 Å². The summed E-state index contributed by atoms with van der Waals surface area (Å²) in [5.74, 6) is 0.700. The molecule has 0 fully saturated rings. The van der Waals surface area contributed by atoms with Crippen LogP contribution in [0.25, 0.3) is 0 Å². The van der Waals surface area contributed by atoms with Crippen molar-refractivity contribution in [1.29, 1.82) is 0 Å². The molecular weight excluding hydrogens is 294 g/mol. The number of thioether (sulfide) groups is 1. The Morgan fingerprint density at radius 3 is 2.59 bits per heavy atom. The zero-order valence-corrected chi connectivity index (χ0v) is 13.5. The largest absolute Gasteiger partial charge is 0.313 e. The van der Waals surface area contributed by atoms with Crippen LogP contribution in [0.4, 0.5) is 0 Å². The Morgan fingerprint density at radius 2 is 2.00 bits per heavy atom. The zero-order chi connectivity index (χ0) is 12.8. The highest BCUT2D eigenvalue weighted by Gasteiger charge is 2.12. The van der Waals surface area contributed by atoms with Crippen LogP contribution in [0.1, 0.15) is 33.3 Å². The van der Waals surface area contributed by atoms with Gasteiger partial charge in [-0.1, -0.05) is 49.7 Å². The van der Waals surface area contributed by atoms with Gasteiger partial charge in [0.2, 0.25) is 0 Å². The lowest BCUT2D eigenvalue weighted by Crippen LogP contribution is -2.13. The summed E-state index contributed by atoms with van der Waals surface area (Å²) in [7, 11) is 0. The van der Waals surface area contributed by atoms with E-state index in [9.17, 15) is 0 Å². The van der Waals surface area contributed by atoms with Crippen LogP contribution in [0.15, 0.2) is 27.6 Å². The van der Waals surface area contributed by atoms with Crippen LogP contribution in [0.5, 0.6) is 0 Å². The molecule has 1 aromatic rings. The smallest absolute Gasteiger partial charge is 0.0216 e. The molecule has 0 saturated carbocycles. The van der Waals surface area contributed by atoms with Crippen LogP contribution >= 0.6 is 27.7 Å². The van der Waals surface area contributed by atoms with Gasteiger partial charge in [-0.2, -0.15) is 0 Å². The van der Waals surface area contributed by atoms with E-state index in [0.29, 0.717) is 11.2 Å². The monoisotopic (exact) mass is 315 g/mol. The van der Waals surface area contributed by atoms with Crippen LogP contribution in [-0.2, 0) is 6.54 Å². The first kappa shape index (κ1) is 15.1. The maximum absolute atomic E-state index is 3.56. The molecule has 1 atom stereocenters. The number of halogens is 1. The Kier molecular flexibility index (Phi) is 6.60. The van der Waals surface area contributed by atoms with Gasteiger partial charge in [0.15, 0.2) is 0 Å². The van der Waals surface area contributed by atoms with Gasteiger partial charge in [-0.05, 0) is 30.2 Å². The highest BCUT2D eigenvalue weighted by molar-refractivity contribution is 9.10. The Bertz CT molecular complexity index is 352. The summed E-state index contributed by atoms with van der Waals surface area (Å²) < 4.78 is 1.16. The Hall–Kier alpha value is 0.01000. The van der Waals surface area contributed by atoms with Crippen molar-refractivity contribution in [3.05, 3.63) is 28.2 Å². The molecule has 1 nitrogen and oxygen atoms in total. The molecule has 0 bridgehead atoms. The average molecular weight is 316 g/mol. The first-order chi connectivity index (χ1) is 8.04. The fourth-order valence-corrected chi connectivity index (χ4v) is 3.05. The summed E-state index contributed by atoms with van der Waals surface area (Å²) in [5.41, 5.74) is 1.40. The molecular formula is C14H22BrNS. The van der Waals surface area contributed by atoms with E-state index in [-0.39, 0.29) is 0 Å². The van der Waals surface area contributed by atoms with E-state index in [0.717, 1.165) is 17.6 Å². The summed E-state index contributed by atoms with van der Waals surface area (Å²) >= 11 is 5.53. The number of hydrogen-bond donors (Lipinski definition) is 1. The molecule has 0 saturated heterocycles. The maximum Gasteiger partial charge on any atom is 0.0216 e. The Morgan fingerprint density at radius 1 is 1.29 bits per heavy atom. The molecule has 1 unspecified atom stereocenters. The van der Waals surface area contributed by atoms with E-state index in [1.165, 1.54) is 10.5 Å². The van der Waals surface area contributed by atoms with E-state index in [4.69, 9.17) is 0 Å². The molecule has 96 valence electrons. The van der Waals surface area contributed by atoms with Gasteiger partial charge in [0.05, 0.1) is 0 Å². The van der Waals surface area contributed by atoms with Gasteiger partial charge in [-0.15, -0.1) is 11.8 Å². The lowest BCUT2D eigenvalue weighted by Gasteiger charge is -2.18. The maximum atomic E-state index is 3.56. The van der Waals surface area contributed by atoms with Crippen molar-refractivity contribution in [2.75, 3.05) is 6.54 Å². The number of rotatable bonds is 6. The fraction of sp³-hybridized carbons (Fsp3) is 0.571. The predicted molar refractivity (Wildman–Crippen MR) is 81.7 cm³/mol.